The zero-order chi connectivity index (χ0) is 14.9. The Morgan fingerprint density at radius 2 is 1.39 bits per heavy atom. The first-order chi connectivity index (χ1) is 8.33. The lowest BCUT2D eigenvalue weighted by atomic mass is 10.0. The summed E-state index contributed by atoms with van der Waals surface area (Å²) in [7, 11) is 0. The fraction of sp³-hybridized carbons (Fsp3) is 0.800. The highest BCUT2D eigenvalue weighted by atomic mass is 16.3. The van der Waals surface area contributed by atoms with E-state index in [1.54, 1.807) is 0 Å². The molecule has 0 bridgehead atoms. The molecule has 0 amide bonds. The summed E-state index contributed by atoms with van der Waals surface area (Å²) in [6.45, 7) is 13.0. The maximum absolute atomic E-state index is 8.36. The van der Waals surface area contributed by atoms with Crippen molar-refractivity contribution in [3.05, 3.63) is 12.7 Å². The molecule has 3 heteroatoms. The average Bonchev–Trinajstić information content (AvgIpc) is 2.22. The van der Waals surface area contributed by atoms with Crippen molar-refractivity contribution >= 4 is 6.47 Å². The zero-order valence-corrected chi connectivity index (χ0v) is 12.7. The van der Waals surface area contributed by atoms with E-state index in [0.717, 1.165) is 6.54 Å². The second kappa shape index (κ2) is 18.5. The number of hydrogen-bond donors (Lipinski definition) is 2. The molecule has 0 fully saturated rings. The number of hydrogen-bond acceptors (Lipinski definition) is 2. The van der Waals surface area contributed by atoms with Crippen LogP contribution in [-0.2, 0) is 4.79 Å². The van der Waals surface area contributed by atoms with E-state index in [2.05, 4.69) is 34.3 Å². The molecule has 0 aromatic rings. The lowest BCUT2D eigenvalue weighted by Crippen LogP contribution is -1.97. The van der Waals surface area contributed by atoms with Gasteiger partial charge in [0, 0.05) is 0 Å². The van der Waals surface area contributed by atoms with Crippen molar-refractivity contribution in [3.8, 4) is 0 Å². The summed E-state index contributed by atoms with van der Waals surface area (Å²) < 4.78 is 0. The van der Waals surface area contributed by atoms with Crippen LogP contribution in [0, 0.1) is 5.41 Å². The van der Waals surface area contributed by atoms with Crippen LogP contribution in [0.3, 0.4) is 0 Å². The monoisotopic (exact) mass is 259 g/mol. The Kier molecular flexibility index (Phi) is 23.0. The van der Waals surface area contributed by atoms with Gasteiger partial charge in [-0.25, -0.2) is 0 Å². The molecular weight excluding hydrogens is 226 g/mol. The number of carbonyl (C=O) groups is 1. The highest BCUT2D eigenvalue weighted by Crippen LogP contribution is 2.08. The van der Waals surface area contributed by atoms with Crippen molar-refractivity contribution in [1.82, 2.24) is 0 Å². The van der Waals surface area contributed by atoms with Crippen molar-refractivity contribution in [1.29, 1.82) is 0 Å². The number of rotatable bonds is 7. The van der Waals surface area contributed by atoms with Crippen LogP contribution in [-0.4, -0.2) is 18.1 Å². The first kappa shape index (κ1) is 22.4. The van der Waals surface area contributed by atoms with Gasteiger partial charge in [-0.15, -0.1) is 6.58 Å². The molecule has 0 unspecified atom stereocenters. The molecule has 0 heterocycles. The molecular formula is C15H33NO2. The molecule has 0 aliphatic heterocycles. The van der Waals surface area contributed by atoms with Crippen molar-refractivity contribution in [2.45, 2.75) is 66.2 Å². The van der Waals surface area contributed by atoms with Crippen LogP contribution in [0.15, 0.2) is 12.7 Å². The Morgan fingerprint density at radius 1 is 1.06 bits per heavy atom. The average molecular weight is 259 g/mol. The Morgan fingerprint density at radius 3 is 1.72 bits per heavy atom. The standard InChI is InChI=1S/C9H19N.C5H12.CH2O2/c1-2-3-4-5-6-7-8-9-10;1-5(2,3)4;2-1-3/h2H,1,3-10H2;1-4H3;1H,(H,2,3). The predicted molar refractivity (Wildman–Crippen MR) is 80.8 cm³/mol. The Balaban J connectivity index is -0.000000235. The van der Waals surface area contributed by atoms with E-state index in [4.69, 9.17) is 15.6 Å². The summed E-state index contributed by atoms with van der Waals surface area (Å²) in [5.74, 6) is 0. The van der Waals surface area contributed by atoms with Crippen LogP contribution >= 0.6 is 0 Å². The van der Waals surface area contributed by atoms with Gasteiger partial charge >= 0.3 is 0 Å². The summed E-state index contributed by atoms with van der Waals surface area (Å²) in [5.41, 5.74) is 5.85. The van der Waals surface area contributed by atoms with Gasteiger partial charge in [-0.05, 0) is 31.2 Å². The molecule has 0 aliphatic rings. The Hall–Kier alpha value is -0.830. The molecule has 0 spiro atoms. The van der Waals surface area contributed by atoms with Crippen molar-refractivity contribution in [2.24, 2.45) is 11.1 Å². The minimum absolute atomic E-state index is 0.250. The minimum Gasteiger partial charge on any atom is -0.483 e. The molecule has 0 aromatic heterocycles. The maximum Gasteiger partial charge on any atom is 0.290 e. The lowest BCUT2D eigenvalue weighted by Gasteiger charge is -2.05. The number of nitrogens with two attached hydrogens (primary N) is 1. The van der Waals surface area contributed by atoms with Crippen molar-refractivity contribution in [2.75, 3.05) is 6.54 Å². The summed E-state index contributed by atoms with van der Waals surface area (Å²) in [6.07, 6.45) is 9.62. The first-order valence-corrected chi connectivity index (χ1v) is 6.72. The third-order valence-electron chi connectivity index (χ3n) is 1.61. The van der Waals surface area contributed by atoms with Crippen LogP contribution in [0.4, 0.5) is 0 Å². The Labute approximate surface area is 113 Å². The van der Waals surface area contributed by atoms with Crippen LogP contribution in [0.2, 0.25) is 0 Å². The molecule has 18 heavy (non-hydrogen) atoms. The fourth-order valence-electron chi connectivity index (χ4n) is 0.963. The summed E-state index contributed by atoms with van der Waals surface area (Å²) in [5, 5.41) is 6.89. The lowest BCUT2D eigenvalue weighted by molar-refractivity contribution is -0.122. The predicted octanol–water partition coefficient (Wildman–Crippen LogP) is 4.22. The summed E-state index contributed by atoms with van der Waals surface area (Å²) >= 11 is 0. The summed E-state index contributed by atoms with van der Waals surface area (Å²) in [6, 6.07) is 0. The van der Waals surface area contributed by atoms with E-state index < -0.39 is 0 Å². The van der Waals surface area contributed by atoms with Crippen LogP contribution in [0.1, 0.15) is 66.2 Å². The van der Waals surface area contributed by atoms with Crippen molar-refractivity contribution < 1.29 is 9.90 Å². The van der Waals surface area contributed by atoms with E-state index >= 15 is 0 Å². The fourth-order valence-corrected chi connectivity index (χ4v) is 0.963. The smallest absolute Gasteiger partial charge is 0.290 e. The van der Waals surface area contributed by atoms with E-state index in [1.807, 2.05) is 6.08 Å². The molecule has 0 radical (unpaired) electrons. The second-order valence-corrected chi connectivity index (χ2v) is 5.74. The van der Waals surface area contributed by atoms with Crippen molar-refractivity contribution in [3.63, 3.8) is 0 Å². The van der Waals surface area contributed by atoms with Crippen LogP contribution < -0.4 is 5.73 Å². The number of carboxylic acid groups (broad SMARTS) is 1. The van der Waals surface area contributed by atoms with Crippen LogP contribution in [0.5, 0.6) is 0 Å². The molecule has 3 N–H and O–H groups in total. The van der Waals surface area contributed by atoms with Gasteiger partial charge in [0.1, 0.15) is 0 Å². The maximum atomic E-state index is 8.36. The minimum atomic E-state index is -0.250. The van der Waals surface area contributed by atoms with Gasteiger partial charge in [-0.3, -0.25) is 4.79 Å². The molecule has 3 nitrogen and oxygen atoms in total. The second-order valence-electron chi connectivity index (χ2n) is 5.74. The van der Waals surface area contributed by atoms with E-state index in [0.29, 0.717) is 5.41 Å². The third kappa shape index (κ3) is 80.0. The topological polar surface area (TPSA) is 63.3 Å². The van der Waals surface area contributed by atoms with Gasteiger partial charge in [0.25, 0.3) is 6.47 Å². The van der Waals surface area contributed by atoms with Gasteiger partial charge in [-0.2, -0.15) is 0 Å². The van der Waals surface area contributed by atoms with Gasteiger partial charge in [0.2, 0.25) is 0 Å². The molecule has 0 rings (SSSR count). The highest BCUT2D eigenvalue weighted by molar-refractivity contribution is 5.32. The largest absolute Gasteiger partial charge is 0.483 e. The van der Waals surface area contributed by atoms with E-state index in [9.17, 15) is 0 Å². The quantitative estimate of drug-likeness (QED) is 0.408. The number of unbranched alkanes of at least 4 members (excludes halogenated alkanes) is 5. The zero-order valence-electron chi connectivity index (χ0n) is 12.7. The van der Waals surface area contributed by atoms with Crippen LogP contribution in [0.25, 0.3) is 0 Å². The number of allylic oxidation sites excluding steroid dienone is 1. The van der Waals surface area contributed by atoms with E-state index in [1.165, 1.54) is 38.5 Å². The molecule has 0 aromatic carbocycles. The highest BCUT2D eigenvalue weighted by Gasteiger charge is 1.95. The molecule has 0 saturated carbocycles. The van der Waals surface area contributed by atoms with Gasteiger partial charge in [0.05, 0.1) is 0 Å². The van der Waals surface area contributed by atoms with E-state index in [-0.39, 0.29) is 6.47 Å². The molecule has 0 saturated heterocycles. The molecule has 110 valence electrons. The SMILES string of the molecule is C=CCCCCCCCN.CC(C)(C)C.O=CO. The molecule has 0 aliphatic carbocycles. The normalized spacial score (nSPS) is 9.39. The van der Waals surface area contributed by atoms with Gasteiger partial charge in [0.15, 0.2) is 0 Å². The first-order valence-electron chi connectivity index (χ1n) is 6.72. The summed E-state index contributed by atoms with van der Waals surface area (Å²) in [4.78, 5) is 8.36. The molecule has 0 atom stereocenters. The third-order valence-corrected chi connectivity index (χ3v) is 1.61. The van der Waals surface area contributed by atoms with Gasteiger partial charge < -0.3 is 10.8 Å². The Bertz CT molecular complexity index is 156. The van der Waals surface area contributed by atoms with Gasteiger partial charge in [-0.1, -0.05) is 53.0 Å².